The second-order valence-electron chi connectivity index (χ2n) is 3.88. The lowest BCUT2D eigenvalue weighted by molar-refractivity contribution is 0.459. The number of nitrogens with two attached hydrogens (primary N) is 1. The van der Waals surface area contributed by atoms with E-state index >= 15 is 0 Å². The Balaban J connectivity index is 2.89. The van der Waals surface area contributed by atoms with Crippen LogP contribution in [0.1, 0.15) is 31.9 Å². The van der Waals surface area contributed by atoms with Gasteiger partial charge in [-0.15, -0.1) is 0 Å². The molecule has 1 nitrogen and oxygen atoms in total. The van der Waals surface area contributed by atoms with Gasteiger partial charge in [0, 0.05) is 11.6 Å². The standard InChI is InChI=1S/C11H15F2N/c1-7(2)6-10(14)8-4-3-5-9(12)11(8)13/h3-5,7,10H,6,14H2,1-2H3/t10-/m0/s1. The van der Waals surface area contributed by atoms with Crippen molar-refractivity contribution in [1.82, 2.24) is 0 Å². The highest BCUT2D eigenvalue weighted by molar-refractivity contribution is 5.22. The lowest BCUT2D eigenvalue weighted by Crippen LogP contribution is -2.15. The summed E-state index contributed by atoms with van der Waals surface area (Å²) in [6.07, 6.45) is 0.653. The molecule has 0 unspecified atom stereocenters. The molecule has 0 aromatic heterocycles. The maximum Gasteiger partial charge on any atom is 0.163 e. The fraction of sp³-hybridized carbons (Fsp3) is 0.455. The summed E-state index contributed by atoms with van der Waals surface area (Å²) in [5.41, 5.74) is 6.02. The number of rotatable bonds is 3. The third-order valence-corrected chi connectivity index (χ3v) is 2.11. The maximum atomic E-state index is 13.2. The second-order valence-corrected chi connectivity index (χ2v) is 3.88. The third kappa shape index (κ3) is 2.51. The molecule has 0 saturated carbocycles. The summed E-state index contributed by atoms with van der Waals surface area (Å²) in [7, 11) is 0. The van der Waals surface area contributed by atoms with Gasteiger partial charge in [-0.1, -0.05) is 26.0 Å². The van der Waals surface area contributed by atoms with Crippen molar-refractivity contribution in [3.05, 3.63) is 35.4 Å². The number of hydrogen-bond donors (Lipinski definition) is 1. The van der Waals surface area contributed by atoms with Gasteiger partial charge in [0.05, 0.1) is 0 Å². The van der Waals surface area contributed by atoms with Gasteiger partial charge in [0.2, 0.25) is 0 Å². The quantitative estimate of drug-likeness (QED) is 0.795. The van der Waals surface area contributed by atoms with E-state index < -0.39 is 17.7 Å². The van der Waals surface area contributed by atoms with Gasteiger partial charge in [0.1, 0.15) is 0 Å². The normalized spacial score (nSPS) is 13.3. The van der Waals surface area contributed by atoms with Gasteiger partial charge in [-0.05, 0) is 18.4 Å². The van der Waals surface area contributed by atoms with Crippen LogP contribution in [0.2, 0.25) is 0 Å². The van der Waals surface area contributed by atoms with E-state index in [1.54, 1.807) is 0 Å². The fourth-order valence-electron chi connectivity index (χ4n) is 1.44. The first-order valence-electron chi connectivity index (χ1n) is 4.72. The van der Waals surface area contributed by atoms with E-state index in [2.05, 4.69) is 0 Å². The zero-order chi connectivity index (χ0) is 10.7. The molecule has 2 N–H and O–H groups in total. The first-order chi connectivity index (χ1) is 6.52. The predicted molar refractivity (Wildman–Crippen MR) is 52.7 cm³/mol. The van der Waals surface area contributed by atoms with Crippen LogP contribution >= 0.6 is 0 Å². The van der Waals surface area contributed by atoms with Crippen LogP contribution < -0.4 is 5.73 Å². The summed E-state index contributed by atoms with van der Waals surface area (Å²) in [6, 6.07) is 3.69. The molecule has 0 bridgehead atoms. The minimum Gasteiger partial charge on any atom is -0.324 e. The van der Waals surface area contributed by atoms with Crippen LogP contribution in [0.15, 0.2) is 18.2 Å². The largest absolute Gasteiger partial charge is 0.324 e. The van der Waals surface area contributed by atoms with E-state index in [0.717, 1.165) is 6.07 Å². The molecule has 0 aliphatic carbocycles. The molecule has 0 saturated heterocycles. The molecule has 14 heavy (non-hydrogen) atoms. The van der Waals surface area contributed by atoms with Crippen molar-refractivity contribution in [2.24, 2.45) is 11.7 Å². The molecular formula is C11H15F2N. The van der Waals surface area contributed by atoms with Crippen LogP contribution in [0.5, 0.6) is 0 Å². The SMILES string of the molecule is CC(C)C[C@H](N)c1cccc(F)c1F. The Morgan fingerprint density at radius 3 is 2.50 bits per heavy atom. The summed E-state index contributed by atoms with van der Waals surface area (Å²) < 4.78 is 26.1. The summed E-state index contributed by atoms with van der Waals surface area (Å²) in [4.78, 5) is 0. The van der Waals surface area contributed by atoms with Crippen LogP contribution in [0.3, 0.4) is 0 Å². The average Bonchev–Trinajstić information content (AvgIpc) is 2.08. The topological polar surface area (TPSA) is 26.0 Å². The first-order valence-corrected chi connectivity index (χ1v) is 4.72. The zero-order valence-electron chi connectivity index (χ0n) is 8.43. The van der Waals surface area contributed by atoms with Crippen molar-refractivity contribution in [1.29, 1.82) is 0 Å². The van der Waals surface area contributed by atoms with Gasteiger partial charge in [-0.2, -0.15) is 0 Å². The Bertz CT molecular complexity index is 310. The molecule has 0 radical (unpaired) electrons. The molecule has 0 aliphatic rings. The Labute approximate surface area is 82.9 Å². The Hall–Kier alpha value is -0.960. The predicted octanol–water partition coefficient (Wildman–Crippen LogP) is 3.01. The molecular weight excluding hydrogens is 184 g/mol. The third-order valence-electron chi connectivity index (χ3n) is 2.11. The van der Waals surface area contributed by atoms with Crippen molar-refractivity contribution in [3.8, 4) is 0 Å². The summed E-state index contributed by atoms with van der Waals surface area (Å²) in [5.74, 6) is -1.28. The summed E-state index contributed by atoms with van der Waals surface area (Å²) >= 11 is 0. The number of halogens is 2. The van der Waals surface area contributed by atoms with E-state index in [0.29, 0.717) is 12.3 Å². The Morgan fingerprint density at radius 2 is 1.93 bits per heavy atom. The molecule has 1 atom stereocenters. The molecule has 1 aromatic rings. The number of hydrogen-bond acceptors (Lipinski definition) is 1. The van der Waals surface area contributed by atoms with E-state index in [1.807, 2.05) is 13.8 Å². The maximum absolute atomic E-state index is 13.2. The molecule has 78 valence electrons. The highest BCUT2D eigenvalue weighted by Gasteiger charge is 2.15. The van der Waals surface area contributed by atoms with Crippen molar-refractivity contribution in [2.75, 3.05) is 0 Å². The minimum absolute atomic E-state index is 0.263. The average molecular weight is 199 g/mol. The molecule has 3 heteroatoms. The van der Waals surface area contributed by atoms with Crippen LogP contribution in [0.25, 0.3) is 0 Å². The van der Waals surface area contributed by atoms with E-state index in [9.17, 15) is 8.78 Å². The Kier molecular flexibility index (Phi) is 3.58. The van der Waals surface area contributed by atoms with E-state index in [-0.39, 0.29) is 5.56 Å². The zero-order valence-corrected chi connectivity index (χ0v) is 8.43. The first kappa shape index (κ1) is 11.1. The molecule has 0 amide bonds. The van der Waals surface area contributed by atoms with Gasteiger partial charge >= 0.3 is 0 Å². The molecule has 1 rings (SSSR count). The smallest absolute Gasteiger partial charge is 0.163 e. The van der Waals surface area contributed by atoms with Crippen molar-refractivity contribution in [2.45, 2.75) is 26.3 Å². The van der Waals surface area contributed by atoms with Gasteiger partial charge in [-0.25, -0.2) is 8.78 Å². The second kappa shape index (κ2) is 4.51. The molecule has 0 fully saturated rings. The highest BCUT2D eigenvalue weighted by atomic mass is 19.2. The lowest BCUT2D eigenvalue weighted by Gasteiger charge is -2.15. The van der Waals surface area contributed by atoms with Crippen LogP contribution in [0, 0.1) is 17.6 Å². The monoisotopic (exact) mass is 199 g/mol. The molecule has 1 aromatic carbocycles. The van der Waals surface area contributed by atoms with Gasteiger partial charge in [0.15, 0.2) is 11.6 Å². The lowest BCUT2D eigenvalue weighted by atomic mass is 9.97. The van der Waals surface area contributed by atoms with Crippen LogP contribution in [-0.4, -0.2) is 0 Å². The van der Waals surface area contributed by atoms with Crippen LogP contribution in [0.4, 0.5) is 8.78 Å². The van der Waals surface area contributed by atoms with E-state index in [1.165, 1.54) is 12.1 Å². The summed E-state index contributed by atoms with van der Waals surface area (Å²) in [6.45, 7) is 3.99. The van der Waals surface area contributed by atoms with Crippen molar-refractivity contribution >= 4 is 0 Å². The van der Waals surface area contributed by atoms with E-state index in [4.69, 9.17) is 5.73 Å². The Morgan fingerprint density at radius 1 is 1.29 bits per heavy atom. The molecule has 0 aliphatic heterocycles. The minimum atomic E-state index is -0.832. The summed E-state index contributed by atoms with van der Waals surface area (Å²) in [5, 5.41) is 0. The van der Waals surface area contributed by atoms with Crippen molar-refractivity contribution < 1.29 is 8.78 Å². The van der Waals surface area contributed by atoms with Crippen LogP contribution in [-0.2, 0) is 0 Å². The van der Waals surface area contributed by atoms with Gasteiger partial charge in [-0.3, -0.25) is 0 Å². The molecule has 0 heterocycles. The van der Waals surface area contributed by atoms with Gasteiger partial charge in [0.25, 0.3) is 0 Å². The van der Waals surface area contributed by atoms with Crippen molar-refractivity contribution in [3.63, 3.8) is 0 Å². The molecule has 0 spiro atoms. The number of benzene rings is 1. The van der Waals surface area contributed by atoms with Gasteiger partial charge < -0.3 is 5.73 Å². The fourth-order valence-corrected chi connectivity index (χ4v) is 1.44. The highest BCUT2D eigenvalue weighted by Crippen LogP contribution is 2.22.